The summed E-state index contributed by atoms with van der Waals surface area (Å²) in [5.74, 6) is 16.8. The highest BCUT2D eigenvalue weighted by molar-refractivity contribution is 7.02. The van der Waals surface area contributed by atoms with Gasteiger partial charge >= 0.3 is 0 Å². The Labute approximate surface area is 876 Å². The smallest absolute Gasteiger partial charge is 0.261 e. The van der Waals surface area contributed by atoms with Crippen molar-refractivity contribution in [1.29, 1.82) is 0 Å². The van der Waals surface area contributed by atoms with Gasteiger partial charge in [0.2, 0.25) is 0 Å². The molecular weight excluding hydrogens is 1840 g/mol. The monoisotopic (exact) mass is 1940 g/mol. The van der Waals surface area contributed by atoms with Crippen molar-refractivity contribution in [3.63, 3.8) is 0 Å². The molecule has 0 bridgehead atoms. The number of hydrogen-bond donors (Lipinski definition) is 0. The molecule has 0 aromatic heterocycles. The maximum absolute atomic E-state index is 7.06. The standard InChI is InChI=1S/C56H37BN2O2.C46H48B2O4.C31H18B2O4/c1-4-16-38(17-5-1)41-34-54-56-55(35-41)61-53-37-45(59(43-24-8-3-9-25-43)51-29-15-21-40-19-11-13-27-47(40)51)31-33-49(53)57(56)48-32-30-44(36-52(48)60-54)58(42-22-6-2-7-23-42)50-28-14-20-39-18-10-12-26-46(39)50;1-5-9-13-29-17-21-37-33(25-29)47-34-26-30(14-10-6-2)18-22-38(34)50-44-41(47)43(49-37)45-42-46(44)52-40-24-20-32(16-12-8-4)28-36(40)48(42)35-27-31(15-11-7-3)19-23-39(35)51-45;1-17-30-20(32-18-8-2-4-10-22(18)34-24-12-6-14-26(36-30)28(24)32)16-21-31(17)37-27-15-7-13-25-29(27)33(21)19-9-3-5-11-23(19)35-25/h1-37H;17-28H,5-16H2,1-4H3;2-16H,1H3. The zero-order chi connectivity index (χ0) is 99.9. The molecule has 0 aliphatic carbocycles. The summed E-state index contributed by atoms with van der Waals surface area (Å²) in [4.78, 5) is 4.67. The molecule has 10 aliphatic rings. The van der Waals surface area contributed by atoms with E-state index in [0.29, 0.717) is 0 Å². The van der Waals surface area contributed by atoms with Gasteiger partial charge in [-0.1, -0.05) is 308 Å². The zero-order valence-corrected chi connectivity index (χ0v) is 84.3. The minimum absolute atomic E-state index is 0.00984. The average molecular weight is 1940 g/mol. The molecule has 720 valence electrons. The van der Waals surface area contributed by atoms with E-state index >= 15 is 0 Å². The van der Waals surface area contributed by atoms with Crippen LogP contribution in [0.3, 0.4) is 0 Å². The third-order valence-corrected chi connectivity index (χ3v) is 31.8. The summed E-state index contributed by atoms with van der Waals surface area (Å²) in [5, 5.41) is 4.73. The van der Waals surface area contributed by atoms with Crippen LogP contribution in [0.4, 0.5) is 34.1 Å². The molecule has 0 spiro atoms. The van der Waals surface area contributed by atoms with Crippen molar-refractivity contribution in [2.75, 3.05) is 9.80 Å². The Morgan fingerprint density at radius 1 is 0.193 bits per heavy atom. The minimum Gasteiger partial charge on any atom is -0.458 e. The molecule has 0 fully saturated rings. The molecule has 20 aromatic rings. The summed E-state index contributed by atoms with van der Waals surface area (Å²) in [5.41, 5.74) is 31.7. The predicted molar refractivity (Wildman–Crippen MR) is 617 cm³/mol. The van der Waals surface area contributed by atoms with Gasteiger partial charge in [0.15, 0.2) is 23.0 Å². The van der Waals surface area contributed by atoms with Crippen LogP contribution in [-0.4, -0.2) is 33.6 Å². The third kappa shape index (κ3) is 15.2. The van der Waals surface area contributed by atoms with Crippen molar-refractivity contribution >= 4 is 171 Å². The number of fused-ring (bicyclic) bond motifs is 24. The fraction of sp³-hybridized carbons (Fsp3) is 0.128. The van der Waals surface area contributed by atoms with Crippen LogP contribution < -0.4 is 139 Å². The second kappa shape index (κ2) is 37.3. The van der Waals surface area contributed by atoms with E-state index in [1.54, 1.807) is 0 Å². The van der Waals surface area contributed by atoms with Crippen molar-refractivity contribution in [3.8, 4) is 126 Å². The van der Waals surface area contributed by atoms with Crippen LogP contribution in [0.1, 0.15) is 107 Å². The van der Waals surface area contributed by atoms with Gasteiger partial charge in [0, 0.05) is 78.5 Å². The van der Waals surface area contributed by atoms with Gasteiger partial charge < -0.3 is 57.2 Å². The molecule has 0 amide bonds. The van der Waals surface area contributed by atoms with E-state index in [4.69, 9.17) is 47.4 Å². The summed E-state index contributed by atoms with van der Waals surface area (Å²) in [6.45, 7) is 10.9. The van der Waals surface area contributed by atoms with Gasteiger partial charge in [0.25, 0.3) is 33.6 Å². The Bertz CT molecular complexity index is 8250. The number of unbranched alkanes of at least 4 members (excludes halogenated alkanes) is 4. The molecule has 20 aromatic carbocycles. The zero-order valence-electron chi connectivity index (χ0n) is 84.3. The first-order valence-electron chi connectivity index (χ1n) is 53.4. The molecule has 12 nitrogen and oxygen atoms in total. The lowest BCUT2D eigenvalue weighted by atomic mass is 9.31. The van der Waals surface area contributed by atoms with Crippen molar-refractivity contribution in [3.05, 3.63) is 416 Å². The molecule has 10 aliphatic heterocycles. The van der Waals surface area contributed by atoms with Crippen LogP contribution in [0.5, 0.6) is 115 Å². The Balaban J connectivity index is 0.000000111. The van der Waals surface area contributed by atoms with E-state index in [2.05, 4.69) is 366 Å². The number of benzene rings is 20. The van der Waals surface area contributed by atoms with Crippen LogP contribution in [0.2, 0.25) is 0 Å². The van der Waals surface area contributed by atoms with Gasteiger partial charge in [0.05, 0.1) is 11.4 Å². The summed E-state index contributed by atoms with van der Waals surface area (Å²) in [6.07, 6.45) is 13.5. The van der Waals surface area contributed by atoms with Gasteiger partial charge in [-0.05, 0) is 278 Å². The molecule has 0 atom stereocenters. The summed E-state index contributed by atoms with van der Waals surface area (Å²) >= 11 is 0. The molecule has 0 unspecified atom stereocenters. The van der Waals surface area contributed by atoms with E-state index in [-0.39, 0.29) is 33.6 Å². The predicted octanol–water partition coefficient (Wildman–Crippen LogP) is 25.3. The molecule has 0 N–H and O–H groups in total. The highest BCUT2D eigenvalue weighted by atomic mass is 16.5. The van der Waals surface area contributed by atoms with E-state index in [9.17, 15) is 0 Å². The first kappa shape index (κ1) is 90.4. The van der Waals surface area contributed by atoms with E-state index in [1.807, 2.05) is 66.7 Å². The number of hydrogen-bond acceptors (Lipinski definition) is 12. The van der Waals surface area contributed by atoms with Gasteiger partial charge in [-0.25, -0.2) is 0 Å². The Morgan fingerprint density at radius 2 is 0.493 bits per heavy atom. The van der Waals surface area contributed by atoms with Gasteiger partial charge in [0.1, 0.15) is 92.0 Å². The van der Waals surface area contributed by atoms with Crippen molar-refractivity contribution in [2.24, 2.45) is 0 Å². The number of aryl methyl sites for hydroxylation is 4. The molecule has 0 saturated carbocycles. The largest absolute Gasteiger partial charge is 0.458 e. The SMILES string of the molecule is CCCCc1ccc2c(c1)B1c3cc(CCCC)ccc3Oc3c4c5c(c(c31)O2)Oc1ccc(CCCC)cc1B5c1cc(CCCC)ccc1O4.Cc1c2c(cc3c1Oc1cccc4c1B3c1ccccc1O4)B1c3ccccc3Oc3cccc(c31)O2.c1ccc(-c2cc3c4c(c2)Oc2cc(N(c5ccccc5)c5cccc6ccccc56)ccc2B4c2ccc(N(c4ccccc4)c4cccc5ccccc45)cc2O3)cc1. The number of ether oxygens (including phenoxy) is 10. The van der Waals surface area contributed by atoms with E-state index in [1.165, 1.54) is 65.6 Å². The maximum atomic E-state index is 7.06. The lowest BCUT2D eigenvalue weighted by Gasteiger charge is -2.40. The second-order valence-corrected chi connectivity index (χ2v) is 41.0. The average Bonchev–Trinajstić information content (AvgIpc) is 0.678. The Morgan fingerprint density at radius 3 is 0.893 bits per heavy atom. The second-order valence-electron chi connectivity index (χ2n) is 41.0. The highest BCUT2D eigenvalue weighted by Crippen LogP contribution is 2.53. The number of para-hydroxylation sites is 4. The molecule has 0 radical (unpaired) electrons. The normalized spacial score (nSPS) is 13.2. The van der Waals surface area contributed by atoms with E-state index < -0.39 is 0 Å². The number of nitrogens with zero attached hydrogens (tertiary/aromatic N) is 2. The molecule has 30 rings (SSSR count). The van der Waals surface area contributed by atoms with Crippen molar-refractivity contribution < 1.29 is 47.4 Å². The third-order valence-electron chi connectivity index (χ3n) is 31.8. The summed E-state index contributed by atoms with van der Waals surface area (Å²) in [7, 11) is 0. The molecule has 0 saturated heterocycles. The fourth-order valence-corrected chi connectivity index (χ4v) is 24.7. The number of anilines is 6. The lowest BCUT2D eigenvalue weighted by Crippen LogP contribution is -2.61. The van der Waals surface area contributed by atoms with Gasteiger partial charge in [-0.2, -0.15) is 0 Å². The first-order chi connectivity index (χ1) is 74.1. The Kier molecular flexibility index (Phi) is 22.5. The lowest BCUT2D eigenvalue weighted by molar-refractivity contribution is 0.396. The Hall–Kier alpha value is -17.2. The molecule has 10 heterocycles. The minimum atomic E-state index is -0.115. The van der Waals surface area contributed by atoms with Crippen LogP contribution in [0.25, 0.3) is 32.7 Å². The van der Waals surface area contributed by atoms with Crippen LogP contribution >= 0.6 is 0 Å². The summed E-state index contributed by atoms with van der Waals surface area (Å²) in [6, 6.07) is 138. The van der Waals surface area contributed by atoms with Crippen molar-refractivity contribution in [2.45, 2.75) is 112 Å². The van der Waals surface area contributed by atoms with Gasteiger partial charge in [-0.3, -0.25) is 0 Å². The van der Waals surface area contributed by atoms with Crippen LogP contribution in [-0.2, 0) is 25.7 Å². The van der Waals surface area contributed by atoms with Crippen molar-refractivity contribution in [1.82, 2.24) is 0 Å². The fourth-order valence-electron chi connectivity index (χ4n) is 24.7. The molecule has 17 heteroatoms. The maximum Gasteiger partial charge on any atom is 0.261 e. The van der Waals surface area contributed by atoms with Crippen LogP contribution in [0, 0.1) is 6.92 Å². The first-order valence-corrected chi connectivity index (χ1v) is 53.4. The van der Waals surface area contributed by atoms with Crippen LogP contribution in [0.15, 0.2) is 388 Å². The topological polar surface area (TPSA) is 98.8 Å². The molecule has 150 heavy (non-hydrogen) atoms. The van der Waals surface area contributed by atoms with Gasteiger partial charge in [-0.15, -0.1) is 0 Å². The highest BCUT2D eigenvalue weighted by Gasteiger charge is 2.53. The number of rotatable bonds is 19. The van der Waals surface area contributed by atoms with E-state index in [0.717, 1.165) is 303 Å². The molecular formula is C133H103B5N2O10. The quantitative estimate of drug-likeness (QED) is 0.0721. The summed E-state index contributed by atoms with van der Waals surface area (Å²) < 4.78 is 68.2.